The third-order valence-electron chi connectivity index (χ3n) is 4.28. The molecule has 0 unspecified atom stereocenters. The van der Waals surface area contributed by atoms with Crippen LogP contribution in [0.25, 0.3) is 11.4 Å². The van der Waals surface area contributed by atoms with Crippen LogP contribution in [0, 0.1) is 6.92 Å². The fourth-order valence-electron chi connectivity index (χ4n) is 3.00. The summed E-state index contributed by atoms with van der Waals surface area (Å²) in [5.41, 5.74) is 1.56. The standard InChI is InChI=1S/C18H19N5OS/c1-13-12-16(21-17(20-13)14-4-2-3-5-15(14)24)22-7-9-23(10-8-22)18-19-6-11-25-18/h2-6,11-12,24H,7-10H2,1H3. The molecule has 0 bridgehead atoms. The van der Waals surface area contributed by atoms with Crippen LogP contribution in [0.5, 0.6) is 5.75 Å². The van der Waals surface area contributed by atoms with E-state index in [2.05, 4.69) is 19.8 Å². The van der Waals surface area contributed by atoms with Gasteiger partial charge >= 0.3 is 0 Å². The van der Waals surface area contributed by atoms with Gasteiger partial charge in [0.25, 0.3) is 0 Å². The zero-order valence-corrected chi connectivity index (χ0v) is 14.8. The third-order valence-corrected chi connectivity index (χ3v) is 5.11. The highest BCUT2D eigenvalue weighted by Gasteiger charge is 2.21. The maximum atomic E-state index is 10.1. The van der Waals surface area contributed by atoms with E-state index in [-0.39, 0.29) is 5.75 Å². The van der Waals surface area contributed by atoms with Gasteiger partial charge in [-0.1, -0.05) is 12.1 Å². The van der Waals surface area contributed by atoms with E-state index in [0.717, 1.165) is 42.8 Å². The first-order valence-electron chi connectivity index (χ1n) is 8.24. The average molecular weight is 353 g/mol. The molecule has 1 aliphatic heterocycles. The molecule has 1 N–H and O–H groups in total. The normalized spacial score (nSPS) is 14.8. The van der Waals surface area contributed by atoms with Gasteiger partial charge in [0.1, 0.15) is 11.6 Å². The molecule has 0 spiro atoms. The lowest BCUT2D eigenvalue weighted by molar-refractivity contribution is 0.477. The molecule has 0 saturated carbocycles. The fraction of sp³-hybridized carbons (Fsp3) is 0.278. The van der Waals surface area contributed by atoms with Crippen molar-refractivity contribution in [2.24, 2.45) is 0 Å². The number of para-hydroxylation sites is 1. The van der Waals surface area contributed by atoms with Crippen LogP contribution in [0.2, 0.25) is 0 Å². The minimum absolute atomic E-state index is 0.202. The lowest BCUT2D eigenvalue weighted by Gasteiger charge is -2.35. The quantitative estimate of drug-likeness (QED) is 0.781. The van der Waals surface area contributed by atoms with Crippen molar-refractivity contribution in [3.63, 3.8) is 0 Å². The van der Waals surface area contributed by atoms with Crippen LogP contribution < -0.4 is 9.80 Å². The summed E-state index contributed by atoms with van der Waals surface area (Å²) in [6.45, 7) is 5.57. The Morgan fingerprint density at radius 3 is 2.52 bits per heavy atom. The van der Waals surface area contributed by atoms with Crippen molar-refractivity contribution in [3.05, 3.63) is 47.6 Å². The van der Waals surface area contributed by atoms with Crippen LogP contribution in [0.1, 0.15) is 5.69 Å². The third kappa shape index (κ3) is 3.28. The van der Waals surface area contributed by atoms with Gasteiger partial charge in [-0.3, -0.25) is 0 Å². The lowest BCUT2D eigenvalue weighted by Crippen LogP contribution is -2.46. The van der Waals surface area contributed by atoms with E-state index in [1.54, 1.807) is 23.5 Å². The van der Waals surface area contributed by atoms with E-state index in [4.69, 9.17) is 4.98 Å². The number of hydrogen-bond donors (Lipinski definition) is 1. The number of aromatic hydroxyl groups is 1. The number of piperazine rings is 1. The Balaban J connectivity index is 1.56. The summed E-state index contributed by atoms with van der Waals surface area (Å²) < 4.78 is 0. The number of anilines is 2. The Labute approximate surface area is 150 Å². The molecule has 7 heteroatoms. The summed E-state index contributed by atoms with van der Waals surface area (Å²) in [5.74, 6) is 1.67. The highest BCUT2D eigenvalue weighted by atomic mass is 32.1. The van der Waals surface area contributed by atoms with Crippen LogP contribution in [-0.2, 0) is 0 Å². The number of hydrogen-bond acceptors (Lipinski definition) is 7. The molecule has 0 aliphatic carbocycles. The number of phenolic OH excluding ortho intramolecular Hbond substituents is 1. The van der Waals surface area contributed by atoms with Crippen LogP contribution in [0.15, 0.2) is 41.9 Å². The van der Waals surface area contributed by atoms with E-state index in [9.17, 15) is 5.11 Å². The van der Waals surface area contributed by atoms with Gasteiger partial charge in [0, 0.05) is 49.5 Å². The van der Waals surface area contributed by atoms with Gasteiger partial charge in [0.2, 0.25) is 0 Å². The minimum atomic E-state index is 0.202. The molecule has 3 aromatic rings. The number of benzene rings is 1. The average Bonchev–Trinajstić information content (AvgIpc) is 3.16. The number of aryl methyl sites for hydroxylation is 1. The summed E-state index contributed by atoms with van der Waals surface area (Å²) in [5, 5.41) is 13.2. The zero-order valence-electron chi connectivity index (χ0n) is 14.0. The van der Waals surface area contributed by atoms with E-state index in [1.807, 2.05) is 36.7 Å². The molecule has 1 aliphatic rings. The molecule has 128 valence electrons. The monoisotopic (exact) mass is 353 g/mol. The molecule has 4 rings (SSSR count). The van der Waals surface area contributed by atoms with Gasteiger partial charge in [-0.15, -0.1) is 11.3 Å². The van der Waals surface area contributed by atoms with Crippen molar-refractivity contribution in [2.45, 2.75) is 6.92 Å². The van der Waals surface area contributed by atoms with Crippen molar-refractivity contribution in [2.75, 3.05) is 36.0 Å². The topological polar surface area (TPSA) is 65.4 Å². The first-order chi connectivity index (χ1) is 12.2. The van der Waals surface area contributed by atoms with Crippen molar-refractivity contribution in [3.8, 4) is 17.1 Å². The summed E-state index contributed by atoms with van der Waals surface area (Å²) in [6.07, 6.45) is 1.85. The highest BCUT2D eigenvalue weighted by molar-refractivity contribution is 7.13. The Morgan fingerprint density at radius 1 is 1.04 bits per heavy atom. The second-order valence-electron chi connectivity index (χ2n) is 6.00. The second kappa shape index (κ2) is 6.68. The summed E-state index contributed by atoms with van der Waals surface area (Å²) >= 11 is 1.67. The molecule has 0 atom stereocenters. The molecule has 3 heterocycles. The van der Waals surface area contributed by atoms with Crippen molar-refractivity contribution in [1.29, 1.82) is 0 Å². The molecule has 1 aromatic carbocycles. The van der Waals surface area contributed by atoms with E-state index < -0.39 is 0 Å². The predicted molar refractivity (Wildman–Crippen MR) is 100 cm³/mol. The molecule has 1 fully saturated rings. The molecule has 0 amide bonds. The first-order valence-corrected chi connectivity index (χ1v) is 9.12. The van der Waals surface area contributed by atoms with Crippen LogP contribution in [0.3, 0.4) is 0 Å². The van der Waals surface area contributed by atoms with Gasteiger partial charge in [-0.2, -0.15) is 0 Å². The lowest BCUT2D eigenvalue weighted by atomic mass is 10.2. The Morgan fingerprint density at radius 2 is 1.80 bits per heavy atom. The van der Waals surface area contributed by atoms with Gasteiger partial charge in [-0.25, -0.2) is 15.0 Å². The number of rotatable bonds is 3. The molecule has 1 saturated heterocycles. The van der Waals surface area contributed by atoms with Crippen molar-refractivity contribution in [1.82, 2.24) is 15.0 Å². The fourth-order valence-corrected chi connectivity index (χ4v) is 3.69. The SMILES string of the molecule is Cc1cc(N2CCN(c3nccs3)CC2)nc(-c2ccccc2O)n1. The molecule has 2 aromatic heterocycles. The molecular formula is C18H19N5OS. The van der Waals surface area contributed by atoms with E-state index in [1.165, 1.54) is 0 Å². The number of aromatic nitrogens is 3. The largest absolute Gasteiger partial charge is 0.507 e. The molecule has 0 radical (unpaired) electrons. The maximum Gasteiger partial charge on any atom is 0.185 e. The summed E-state index contributed by atoms with van der Waals surface area (Å²) in [6, 6.07) is 9.19. The Hall–Kier alpha value is -2.67. The number of thiazole rings is 1. The van der Waals surface area contributed by atoms with Crippen LogP contribution >= 0.6 is 11.3 Å². The van der Waals surface area contributed by atoms with Crippen molar-refractivity contribution >= 4 is 22.3 Å². The van der Waals surface area contributed by atoms with Crippen LogP contribution in [-0.4, -0.2) is 46.2 Å². The van der Waals surface area contributed by atoms with E-state index in [0.29, 0.717) is 11.4 Å². The Kier molecular flexibility index (Phi) is 4.23. The highest BCUT2D eigenvalue weighted by Crippen LogP contribution is 2.28. The van der Waals surface area contributed by atoms with Crippen molar-refractivity contribution < 1.29 is 5.11 Å². The Bertz CT molecular complexity index is 860. The smallest absolute Gasteiger partial charge is 0.185 e. The van der Waals surface area contributed by atoms with E-state index >= 15 is 0 Å². The zero-order chi connectivity index (χ0) is 17.2. The van der Waals surface area contributed by atoms with Gasteiger partial charge < -0.3 is 14.9 Å². The second-order valence-corrected chi connectivity index (χ2v) is 6.87. The first kappa shape index (κ1) is 15.8. The van der Waals surface area contributed by atoms with Crippen LogP contribution in [0.4, 0.5) is 10.9 Å². The van der Waals surface area contributed by atoms with Gasteiger partial charge in [-0.05, 0) is 19.1 Å². The number of nitrogens with zero attached hydrogens (tertiary/aromatic N) is 5. The summed E-state index contributed by atoms with van der Waals surface area (Å²) in [7, 11) is 0. The van der Waals surface area contributed by atoms with Gasteiger partial charge in [0.05, 0.1) is 5.56 Å². The minimum Gasteiger partial charge on any atom is -0.507 e. The maximum absolute atomic E-state index is 10.1. The van der Waals surface area contributed by atoms with Gasteiger partial charge in [0.15, 0.2) is 11.0 Å². The molecular weight excluding hydrogens is 334 g/mol. The number of phenols is 1. The molecule has 25 heavy (non-hydrogen) atoms. The molecule has 6 nitrogen and oxygen atoms in total. The predicted octanol–water partition coefficient (Wildman–Crippen LogP) is 2.94. The summed E-state index contributed by atoms with van der Waals surface area (Å²) in [4.78, 5) is 18.2.